The Morgan fingerprint density at radius 3 is 2.20 bits per heavy atom. The van der Waals surface area contributed by atoms with Gasteiger partial charge in [0.05, 0.1) is 6.07 Å². The molecule has 0 bridgehead atoms. The van der Waals surface area contributed by atoms with Crippen LogP contribution >= 0.6 is 0 Å². The molecule has 0 aliphatic heterocycles. The molecule has 20 heavy (non-hydrogen) atoms. The molecule has 1 atom stereocenters. The predicted octanol–water partition coefficient (Wildman–Crippen LogP) is 3.74. The highest BCUT2D eigenvalue weighted by molar-refractivity contribution is 5.28. The van der Waals surface area contributed by atoms with Crippen molar-refractivity contribution in [2.75, 3.05) is 0 Å². The van der Waals surface area contributed by atoms with Crippen LogP contribution in [0, 0.1) is 17.1 Å². The molecule has 0 heterocycles. The number of hydrogen-bond acceptors (Lipinski definition) is 2. The molecule has 102 valence electrons. The third-order valence-electron chi connectivity index (χ3n) is 3.27. The Hall–Kier alpha value is -2.18. The fourth-order valence-electron chi connectivity index (χ4n) is 2.01. The van der Waals surface area contributed by atoms with Gasteiger partial charge in [-0.25, -0.2) is 4.39 Å². The second-order valence-corrected chi connectivity index (χ2v) is 4.66. The normalized spacial score (nSPS) is 11.8. The Labute approximate surface area is 118 Å². The van der Waals surface area contributed by atoms with Crippen LogP contribution in [0.4, 0.5) is 4.39 Å². The smallest absolute Gasteiger partial charge is 0.123 e. The molecule has 0 aromatic heterocycles. The average Bonchev–Trinajstić information content (AvgIpc) is 2.50. The lowest BCUT2D eigenvalue weighted by Gasteiger charge is -2.12. The van der Waals surface area contributed by atoms with Crippen LogP contribution in [0.3, 0.4) is 0 Å². The molecule has 0 radical (unpaired) electrons. The van der Waals surface area contributed by atoms with Crippen molar-refractivity contribution in [3.8, 4) is 6.07 Å². The van der Waals surface area contributed by atoms with Gasteiger partial charge in [-0.2, -0.15) is 5.26 Å². The van der Waals surface area contributed by atoms with E-state index in [1.165, 1.54) is 17.7 Å². The van der Waals surface area contributed by atoms with E-state index in [0.29, 0.717) is 6.54 Å². The molecule has 1 unspecified atom stereocenters. The summed E-state index contributed by atoms with van der Waals surface area (Å²) in [7, 11) is 0. The van der Waals surface area contributed by atoms with E-state index < -0.39 is 0 Å². The van der Waals surface area contributed by atoms with E-state index in [1.807, 2.05) is 24.3 Å². The SMILES string of the molecule is CCc1ccc(C(C#N)NCc2ccc(F)cc2)cc1. The highest BCUT2D eigenvalue weighted by Gasteiger charge is 2.09. The number of rotatable bonds is 5. The molecule has 0 aliphatic carbocycles. The highest BCUT2D eigenvalue weighted by Crippen LogP contribution is 2.14. The number of hydrogen-bond donors (Lipinski definition) is 1. The van der Waals surface area contributed by atoms with E-state index >= 15 is 0 Å². The second-order valence-electron chi connectivity index (χ2n) is 4.66. The minimum absolute atomic E-state index is 0.249. The van der Waals surface area contributed by atoms with E-state index in [9.17, 15) is 9.65 Å². The standard InChI is InChI=1S/C17H17FN2/c1-2-13-3-7-15(8-4-13)17(11-19)20-12-14-5-9-16(18)10-6-14/h3-10,17,20H,2,12H2,1H3. The van der Waals surface area contributed by atoms with Crippen molar-refractivity contribution in [3.05, 3.63) is 71.0 Å². The van der Waals surface area contributed by atoms with E-state index in [2.05, 4.69) is 18.3 Å². The summed E-state index contributed by atoms with van der Waals surface area (Å²) in [5.74, 6) is -0.249. The minimum atomic E-state index is -0.356. The van der Waals surface area contributed by atoms with E-state index in [1.54, 1.807) is 12.1 Å². The number of benzene rings is 2. The van der Waals surface area contributed by atoms with Gasteiger partial charge in [0.1, 0.15) is 11.9 Å². The third-order valence-corrected chi connectivity index (χ3v) is 3.27. The van der Waals surface area contributed by atoms with Gasteiger partial charge in [-0.15, -0.1) is 0 Å². The molecule has 0 saturated heterocycles. The highest BCUT2D eigenvalue weighted by atomic mass is 19.1. The lowest BCUT2D eigenvalue weighted by atomic mass is 10.0. The molecule has 0 fully saturated rings. The van der Waals surface area contributed by atoms with Gasteiger partial charge in [-0.1, -0.05) is 43.3 Å². The molecule has 2 rings (SSSR count). The lowest BCUT2D eigenvalue weighted by Crippen LogP contribution is -2.19. The summed E-state index contributed by atoms with van der Waals surface area (Å²) in [5, 5.41) is 12.4. The first-order valence-corrected chi connectivity index (χ1v) is 6.69. The molecule has 2 aromatic carbocycles. The Bertz CT molecular complexity index is 582. The molecule has 2 nitrogen and oxygen atoms in total. The van der Waals surface area contributed by atoms with Gasteiger partial charge in [-0.05, 0) is 35.2 Å². The van der Waals surface area contributed by atoms with Crippen LogP contribution in [0.5, 0.6) is 0 Å². The van der Waals surface area contributed by atoms with Crippen LogP contribution in [-0.2, 0) is 13.0 Å². The Morgan fingerprint density at radius 1 is 1.05 bits per heavy atom. The summed E-state index contributed by atoms with van der Waals surface area (Å²) >= 11 is 0. The summed E-state index contributed by atoms with van der Waals surface area (Å²) < 4.78 is 12.8. The first-order valence-electron chi connectivity index (χ1n) is 6.69. The summed E-state index contributed by atoms with van der Waals surface area (Å²) in [6.45, 7) is 2.64. The maximum atomic E-state index is 12.8. The topological polar surface area (TPSA) is 35.8 Å². The zero-order chi connectivity index (χ0) is 14.4. The number of nitrogens with one attached hydrogen (secondary N) is 1. The maximum Gasteiger partial charge on any atom is 0.123 e. The molecule has 0 saturated carbocycles. The van der Waals surface area contributed by atoms with Crippen molar-refractivity contribution in [1.82, 2.24) is 5.32 Å². The quantitative estimate of drug-likeness (QED) is 0.896. The van der Waals surface area contributed by atoms with Crippen LogP contribution in [-0.4, -0.2) is 0 Å². The van der Waals surface area contributed by atoms with Gasteiger partial charge < -0.3 is 0 Å². The summed E-state index contributed by atoms with van der Waals surface area (Å²) in [4.78, 5) is 0. The summed E-state index contributed by atoms with van der Waals surface area (Å²) in [6, 6.07) is 16.2. The number of aryl methyl sites for hydroxylation is 1. The van der Waals surface area contributed by atoms with Crippen LogP contribution < -0.4 is 5.32 Å². The van der Waals surface area contributed by atoms with Gasteiger partial charge >= 0.3 is 0 Å². The first-order chi connectivity index (χ1) is 9.72. The molecule has 0 amide bonds. The fraction of sp³-hybridized carbons (Fsp3) is 0.235. The Balaban J connectivity index is 2.01. The summed E-state index contributed by atoms with van der Waals surface area (Å²) in [5.41, 5.74) is 3.16. The molecular weight excluding hydrogens is 251 g/mol. The Kier molecular flexibility index (Phi) is 4.86. The summed E-state index contributed by atoms with van der Waals surface area (Å²) in [6.07, 6.45) is 0.987. The van der Waals surface area contributed by atoms with Gasteiger partial charge in [-0.3, -0.25) is 5.32 Å². The largest absolute Gasteiger partial charge is 0.294 e. The minimum Gasteiger partial charge on any atom is -0.294 e. The van der Waals surface area contributed by atoms with Crippen LogP contribution in [0.15, 0.2) is 48.5 Å². The van der Waals surface area contributed by atoms with Gasteiger partial charge in [0.15, 0.2) is 0 Å². The maximum absolute atomic E-state index is 12.8. The average molecular weight is 268 g/mol. The van der Waals surface area contributed by atoms with Crippen molar-refractivity contribution in [1.29, 1.82) is 5.26 Å². The van der Waals surface area contributed by atoms with Crippen LogP contribution in [0.1, 0.15) is 29.7 Å². The zero-order valence-corrected chi connectivity index (χ0v) is 11.4. The molecule has 0 spiro atoms. The van der Waals surface area contributed by atoms with Gasteiger partial charge in [0.25, 0.3) is 0 Å². The molecular formula is C17H17FN2. The zero-order valence-electron chi connectivity index (χ0n) is 11.4. The van der Waals surface area contributed by atoms with E-state index in [4.69, 9.17) is 0 Å². The Morgan fingerprint density at radius 2 is 1.65 bits per heavy atom. The number of nitriles is 1. The van der Waals surface area contributed by atoms with E-state index in [0.717, 1.165) is 17.5 Å². The third kappa shape index (κ3) is 3.66. The van der Waals surface area contributed by atoms with Crippen LogP contribution in [0.2, 0.25) is 0 Å². The van der Waals surface area contributed by atoms with Crippen LogP contribution in [0.25, 0.3) is 0 Å². The van der Waals surface area contributed by atoms with Crippen molar-refractivity contribution < 1.29 is 4.39 Å². The fourth-order valence-corrected chi connectivity index (χ4v) is 2.01. The van der Waals surface area contributed by atoms with Crippen molar-refractivity contribution in [2.24, 2.45) is 0 Å². The molecule has 1 N–H and O–H groups in total. The second kappa shape index (κ2) is 6.83. The molecule has 3 heteroatoms. The number of halogens is 1. The van der Waals surface area contributed by atoms with Crippen molar-refractivity contribution in [2.45, 2.75) is 25.9 Å². The number of nitrogens with zero attached hydrogens (tertiary/aromatic N) is 1. The molecule has 0 aliphatic rings. The van der Waals surface area contributed by atoms with Gasteiger partial charge in [0, 0.05) is 6.54 Å². The monoisotopic (exact) mass is 268 g/mol. The van der Waals surface area contributed by atoms with Crippen molar-refractivity contribution >= 4 is 0 Å². The predicted molar refractivity (Wildman–Crippen MR) is 77.4 cm³/mol. The van der Waals surface area contributed by atoms with Crippen molar-refractivity contribution in [3.63, 3.8) is 0 Å². The van der Waals surface area contributed by atoms with Gasteiger partial charge in [0.2, 0.25) is 0 Å². The molecule has 2 aromatic rings. The first kappa shape index (κ1) is 14.2. The lowest BCUT2D eigenvalue weighted by molar-refractivity contribution is 0.616. The van der Waals surface area contributed by atoms with E-state index in [-0.39, 0.29) is 11.9 Å².